The number of amides is 1. The molecule has 0 aliphatic carbocycles. The van der Waals surface area contributed by atoms with Gasteiger partial charge in [0.1, 0.15) is 0 Å². The van der Waals surface area contributed by atoms with Crippen LogP contribution in [0.3, 0.4) is 0 Å². The number of hydrogen-bond acceptors (Lipinski definition) is 5. The van der Waals surface area contributed by atoms with Gasteiger partial charge in [0.2, 0.25) is 5.91 Å². The number of ether oxygens (including phenoxy) is 1. The van der Waals surface area contributed by atoms with Gasteiger partial charge in [0, 0.05) is 12.8 Å². The molecular weight excluding hydrogens is 923 g/mol. The highest BCUT2D eigenvalue weighted by Crippen LogP contribution is 2.19. The molecule has 0 aromatic heterocycles. The molecule has 1 amide bonds. The van der Waals surface area contributed by atoms with E-state index in [-0.39, 0.29) is 18.5 Å². The average molecular weight is 1060 g/mol. The average Bonchev–Trinajstić information content (AvgIpc) is 3.41. The number of unbranched alkanes of at least 4 members (excludes halogenated alkanes) is 52. The minimum Gasteiger partial charge on any atom is -0.466 e. The first kappa shape index (κ1) is 73.6. The van der Waals surface area contributed by atoms with Gasteiger partial charge in [-0.15, -0.1) is 0 Å². The van der Waals surface area contributed by atoms with Gasteiger partial charge >= 0.3 is 5.97 Å². The monoisotopic (exact) mass is 1060 g/mol. The van der Waals surface area contributed by atoms with Crippen molar-refractivity contribution < 1.29 is 24.5 Å². The van der Waals surface area contributed by atoms with Crippen LogP contribution in [0.25, 0.3) is 0 Å². The molecule has 6 nitrogen and oxygen atoms in total. The Bertz CT molecular complexity index is 1130. The minimum atomic E-state index is -0.663. The third-order valence-corrected chi connectivity index (χ3v) is 16.3. The number of nitrogens with one attached hydrogen (secondary N) is 1. The fourth-order valence-corrected chi connectivity index (χ4v) is 11.1. The summed E-state index contributed by atoms with van der Waals surface area (Å²) in [7, 11) is 0. The Labute approximate surface area is 469 Å². The highest BCUT2D eigenvalue weighted by atomic mass is 16.5. The van der Waals surface area contributed by atoms with E-state index in [1.54, 1.807) is 0 Å². The van der Waals surface area contributed by atoms with E-state index in [1.807, 2.05) is 0 Å². The second-order valence-corrected chi connectivity index (χ2v) is 23.9. The van der Waals surface area contributed by atoms with Gasteiger partial charge in [0.25, 0.3) is 0 Å². The normalized spacial score (nSPS) is 12.5. The first-order valence-electron chi connectivity index (χ1n) is 34.4. The molecule has 0 bridgehead atoms. The molecule has 2 unspecified atom stereocenters. The van der Waals surface area contributed by atoms with Gasteiger partial charge in [-0.25, -0.2) is 0 Å². The fraction of sp³-hybridized carbons (Fsp3) is 0.942. The fourth-order valence-electron chi connectivity index (χ4n) is 11.1. The van der Waals surface area contributed by atoms with E-state index >= 15 is 0 Å². The molecule has 0 fully saturated rings. The van der Waals surface area contributed by atoms with Gasteiger partial charge in [-0.2, -0.15) is 0 Å². The van der Waals surface area contributed by atoms with Crippen molar-refractivity contribution >= 4 is 11.9 Å². The standard InChI is InChI=1S/C69H135NO5/c1-3-5-7-9-11-13-15-17-19-20-30-34-37-41-45-49-53-57-61-67(72)66(65-71)70-68(73)62-58-54-50-46-42-38-35-31-28-26-24-22-21-23-25-27-29-32-36-40-44-48-52-56-60-64-75-69(74)63-59-55-51-47-43-39-33-18-16-14-12-10-8-6-4-2/h18,33,66-67,71-72H,3-17,19-32,34-65H2,1-2H3,(H,70,73)/b33-18-. The number of rotatable bonds is 65. The molecule has 2 atom stereocenters. The minimum absolute atomic E-state index is 0.00949. The number of carbonyl (C=O) groups excluding carboxylic acids is 2. The molecule has 0 spiro atoms. The van der Waals surface area contributed by atoms with Crippen molar-refractivity contribution in [2.75, 3.05) is 13.2 Å². The summed E-state index contributed by atoms with van der Waals surface area (Å²) in [6.45, 7) is 4.98. The third kappa shape index (κ3) is 61.7. The van der Waals surface area contributed by atoms with E-state index in [0.29, 0.717) is 25.9 Å². The van der Waals surface area contributed by atoms with E-state index in [2.05, 4.69) is 31.3 Å². The van der Waals surface area contributed by atoms with Crippen LogP contribution in [0.2, 0.25) is 0 Å². The first-order valence-corrected chi connectivity index (χ1v) is 34.4. The largest absolute Gasteiger partial charge is 0.466 e. The molecule has 0 saturated carbocycles. The van der Waals surface area contributed by atoms with Crippen LogP contribution in [0.5, 0.6) is 0 Å². The van der Waals surface area contributed by atoms with Gasteiger partial charge in [-0.3, -0.25) is 9.59 Å². The summed E-state index contributed by atoms with van der Waals surface area (Å²) in [5.41, 5.74) is 0. The van der Waals surface area contributed by atoms with Crippen molar-refractivity contribution in [3.05, 3.63) is 12.2 Å². The number of allylic oxidation sites excluding steroid dienone is 2. The lowest BCUT2D eigenvalue weighted by Crippen LogP contribution is -2.45. The molecule has 0 radical (unpaired) electrons. The number of aliphatic hydroxyl groups excluding tert-OH is 2. The zero-order valence-electron chi connectivity index (χ0n) is 51.1. The smallest absolute Gasteiger partial charge is 0.305 e. The summed E-state index contributed by atoms with van der Waals surface area (Å²) in [5, 5.41) is 23.4. The maximum Gasteiger partial charge on any atom is 0.305 e. The summed E-state index contributed by atoms with van der Waals surface area (Å²) < 4.78 is 5.49. The highest BCUT2D eigenvalue weighted by molar-refractivity contribution is 5.76. The molecule has 0 aliphatic heterocycles. The third-order valence-electron chi connectivity index (χ3n) is 16.3. The van der Waals surface area contributed by atoms with Gasteiger partial charge in [0.05, 0.1) is 25.4 Å². The second-order valence-electron chi connectivity index (χ2n) is 23.9. The predicted octanol–water partition coefficient (Wildman–Crippen LogP) is 22.0. The van der Waals surface area contributed by atoms with Crippen molar-refractivity contribution in [3.63, 3.8) is 0 Å². The molecule has 0 saturated heterocycles. The van der Waals surface area contributed by atoms with Crippen LogP contribution in [-0.4, -0.2) is 47.4 Å². The van der Waals surface area contributed by atoms with Crippen LogP contribution in [0, 0.1) is 0 Å². The summed E-state index contributed by atoms with van der Waals surface area (Å²) in [5.74, 6) is -0.0197. The number of aliphatic hydroxyl groups is 2. The van der Waals surface area contributed by atoms with Gasteiger partial charge < -0.3 is 20.3 Å². The Balaban J connectivity index is 3.35. The maximum absolute atomic E-state index is 12.5. The maximum atomic E-state index is 12.5. The first-order chi connectivity index (χ1) is 37.0. The van der Waals surface area contributed by atoms with E-state index in [9.17, 15) is 19.8 Å². The lowest BCUT2D eigenvalue weighted by molar-refractivity contribution is -0.143. The Kier molecular flexibility index (Phi) is 63.9. The lowest BCUT2D eigenvalue weighted by Gasteiger charge is -2.22. The van der Waals surface area contributed by atoms with E-state index in [0.717, 1.165) is 44.9 Å². The summed E-state index contributed by atoms with van der Waals surface area (Å²) in [6.07, 6.45) is 79.6. The zero-order valence-corrected chi connectivity index (χ0v) is 51.1. The Morgan fingerprint density at radius 1 is 0.360 bits per heavy atom. The molecule has 0 aromatic carbocycles. The van der Waals surface area contributed by atoms with Crippen molar-refractivity contribution in [2.24, 2.45) is 0 Å². The van der Waals surface area contributed by atoms with Crippen molar-refractivity contribution in [1.29, 1.82) is 0 Å². The Hall–Kier alpha value is -1.40. The molecule has 446 valence electrons. The van der Waals surface area contributed by atoms with Crippen molar-refractivity contribution in [2.45, 2.75) is 405 Å². The lowest BCUT2D eigenvalue weighted by atomic mass is 10.0. The quantitative estimate of drug-likeness (QED) is 0.0320. The highest BCUT2D eigenvalue weighted by Gasteiger charge is 2.20. The summed E-state index contributed by atoms with van der Waals surface area (Å²) in [6, 6.07) is -0.540. The Morgan fingerprint density at radius 3 is 0.947 bits per heavy atom. The number of carbonyl (C=O) groups is 2. The molecule has 75 heavy (non-hydrogen) atoms. The molecular formula is C69H135NO5. The van der Waals surface area contributed by atoms with Crippen LogP contribution in [0.1, 0.15) is 393 Å². The molecule has 3 N–H and O–H groups in total. The van der Waals surface area contributed by atoms with Crippen LogP contribution < -0.4 is 5.32 Å². The van der Waals surface area contributed by atoms with E-state index in [4.69, 9.17) is 4.74 Å². The second kappa shape index (κ2) is 65.1. The molecule has 0 aliphatic rings. The summed E-state index contributed by atoms with van der Waals surface area (Å²) >= 11 is 0. The molecule has 0 rings (SSSR count). The number of hydrogen-bond donors (Lipinski definition) is 3. The van der Waals surface area contributed by atoms with Gasteiger partial charge in [-0.1, -0.05) is 341 Å². The topological polar surface area (TPSA) is 95.9 Å². The van der Waals surface area contributed by atoms with Gasteiger partial charge in [-0.05, 0) is 51.4 Å². The van der Waals surface area contributed by atoms with Crippen molar-refractivity contribution in [3.8, 4) is 0 Å². The van der Waals surface area contributed by atoms with Crippen LogP contribution in [0.4, 0.5) is 0 Å². The van der Waals surface area contributed by atoms with E-state index in [1.165, 1.54) is 315 Å². The van der Waals surface area contributed by atoms with Gasteiger partial charge in [0.15, 0.2) is 0 Å². The molecule has 0 heterocycles. The van der Waals surface area contributed by atoms with Crippen LogP contribution >= 0.6 is 0 Å². The van der Waals surface area contributed by atoms with Crippen LogP contribution in [-0.2, 0) is 14.3 Å². The predicted molar refractivity (Wildman–Crippen MR) is 329 cm³/mol. The Morgan fingerprint density at radius 2 is 0.627 bits per heavy atom. The van der Waals surface area contributed by atoms with Crippen LogP contribution in [0.15, 0.2) is 12.2 Å². The van der Waals surface area contributed by atoms with Crippen molar-refractivity contribution in [1.82, 2.24) is 5.32 Å². The molecule has 6 heteroatoms. The SMILES string of the molecule is CCCCCCCC/C=C\CCCCCCCC(=O)OCCCCCCCCCCCCCCCCCCCCCCCCCCCC(=O)NC(CO)C(O)CCCCCCCCCCCCCCCCCCCC. The number of esters is 1. The van der Waals surface area contributed by atoms with E-state index < -0.39 is 12.1 Å². The summed E-state index contributed by atoms with van der Waals surface area (Å²) in [4.78, 5) is 24.6. The zero-order chi connectivity index (χ0) is 54.3. The molecule has 0 aromatic rings.